The van der Waals surface area contributed by atoms with Crippen LogP contribution in [0.1, 0.15) is 90.2 Å². The molecule has 0 bridgehead atoms. The van der Waals surface area contributed by atoms with Crippen LogP contribution in [0.4, 0.5) is 13.2 Å². The molecule has 1 atom stereocenters. The summed E-state index contributed by atoms with van der Waals surface area (Å²) in [7, 11) is 0. The number of aromatic nitrogens is 2. The maximum Gasteiger partial charge on any atom is 0.412 e. The Kier molecular flexibility index (Phi) is 8.46. The van der Waals surface area contributed by atoms with Gasteiger partial charge in [-0.2, -0.15) is 13.2 Å². The van der Waals surface area contributed by atoms with Crippen molar-refractivity contribution in [1.82, 2.24) is 20.2 Å². The highest BCUT2D eigenvalue weighted by Crippen LogP contribution is 2.32. The summed E-state index contributed by atoms with van der Waals surface area (Å²) in [5.74, 6) is -1.83. The SMILES string of the molecule is CCCCNC(=O)c1cn(C2CCCCC2)cc(C(=O)NC(c2cccnc2)C(F)(F)F)c1=O. The lowest BCUT2D eigenvalue weighted by Gasteiger charge is -2.26. The number of nitrogens with zero attached hydrogens (tertiary/aromatic N) is 2. The minimum Gasteiger partial charge on any atom is -0.352 e. The van der Waals surface area contributed by atoms with Gasteiger partial charge in [0.05, 0.1) is 0 Å². The Hall–Kier alpha value is -3.17. The van der Waals surface area contributed by atoms with E-state index in [1.54, 1.807) is 4.57 Å². The second-order valence-electron chi connectivity index (χ2n) is 8.50. The number of unbranched alkanes of at least 4 members (excludes halogenated alkanes) is 1. The minimum atomic E-state index is -4.81. The van der Waals surface area contributed by atoms with Crippen LogP contribution in [0.5, 0.6) is 0 Å². The molecule has 7 nitrogen and oxygen atoms in total. The predicted octanol–water partition coefficient (Wildman–Crippen LogP) is 4.31. The molecule has 1 fully saturated rings. The average Bonchev–Trinajstić information content (AvgIpc) is 2.83. The predicted molar refractivity (Wildman–Crippen MR) is 121 cm³/mol. The summed E-state index contributed by atoms with van der Waals surface area (Å²) in [5, 5.41) is 4.59. The van der Waals surface area contributed by atoms with Crippen molar-refractivity contribution in [2.24, 2.45) is 0 Å². The van der Waals surface area contributed by atoms with E-state index < -0.39 is 35.0 Å². The molecule has 2 heterocycles. The van der Waals surface area contributed by atoms with Gasteiger partial charge in [0.1, 0.15) is 11.1 Å². The van der Waals surface area contributed by atoms with Crippen molar-refractivity contribution in [2.75, 3.05) is 6.54 Å². The van der Waals surface area contributed by atoms with Crippen molar-refractivity contribution in [3.8, 4) is 0 Å². The van der Waals surface area contributed by atoms with Crippen molar-refractivity contribution < 1.29 is 22.8 Å². The van der Waals surface area contributed by atoms with Crippen LogP contribution in [0.15, 0.2) is 41.7 Å². The molecule has 2 amide bonds. The number of nitrogens with one attached hydrogen (secondary N) is 2. The number of hydrogen-bond acceptors (Lipinski definition) is 4. The zero-order valence-corrected chi connectivity index (χ0v) is 19.0. The Bertz CT molecular complexity index is 1050. The first-order valence-corrected chi connectivity index (χ1v) is 11.5. The number of carbonyl (C=O) groups is 2. The third kappa shape index (κ3) is 6.24. The van der Waals surface area contributed by atoms with Crippen LogP contribution in [0, 0.1) is 0 Å². The molecule has 10 heteroatoms. The fourth-order valence-corrected chi connectivity index (χ4v) is 4.09. The van der Waals surface area contributed by atoms with Gasteiger partial charge in [0.15, 0.2) is 6.04 Å². The van der Waals surface area contributed by atoms with Crippen LogP contribution >= 0.6 is 0 Å². The van der Waals surface area contributed by atoms with Crippen LogP contribution in [-0.4, -0.2) is 34.1 Å². The molecule has 0 spiro atoms. The quantitative estimate of drug-likeness (QED) is 0.553. The summed E-state index contributed by atoms with van der Waals surface area (Å²) < 4.78 is 42.9. The molecule has 34 heavy (non-hydrogen) atoms. The summed E-state index contributed by atoms with van der Waals surface area (Å²) >= 11 is 0. The number of alkyl halides is 3. The molecule has 1 unspecified atom stereocenters. The second kappa shape index (κ2) is 11.3. The van der Waals surface area contributed by atoms with Gasteiger partial charge in [-0.15, -0.1) is 0 Å². The molecule has 3 rings (SSSR count). The molecular weight excluding hydrogens is 449 g/mol. The van der Waals surface area contributed by atoms with Gasteiger partial charge in [-0.05, 0) is 25.3 Å². The first-order valence-electron chi connectivity index (χ1n) is 11.5. The van der Waals surface area contributed by atoms with E-state index in [2.05, 4.69) is 10.3 Å². The Morgan fingerprint density at radius 2 is 1.82 bits per heavy atom. The van der Waals surface area contributed by atoms with E-state index in [1.165, 1.54) is 30.7 Å². The van der Waals surface area contributed by atoms with E-state index in [0.717, 1.165) is 44.7 Å². The third-order valence-electron chi connectivity index (χ3n) is 5.97. The van der Waals surface area contributed by atoms with Gasteiger partial charge in [-0.1, -0.05) is 38.7 Å². The first kappa shape index (κ1) is 25.5. The van der Waals surface area contributed by atoms with Gasteiger partial charge in [-0.3, -0.25) is 19.4 Å². The number of hydrogen-bond donors (Lipinski definition) is 2. The van der Waals surface area contributed by atoms with E-state index in [0.29, 0.717) is 13.0 Å². The van der Waals surface area contributed by atoms with Crippen LogP contribution in [0.3, 0.4) is 0 Å². The number of pyridine rings is 2. The van der Waals surface area contributed by atoms with Gasteiger partial charge in [-0.25, -0.2) is 0 Å². The highest BCUT2D eigenvalue weighted by atomic mass is 19.4. The van der Waals surface area contributed by atoms with Crippen LogP contribution < -0.4 is 16.1 Å². The van der Waals surface area contributed by atoms with Crippen LogP contribution in [-0.2, 0) is 0 Å². The zero-order chi connectivity index (χ0) is 24.7. The van der Waals surface area contributed by atoms with Crippen molar-refractivity contribution in [3.63, 3.8) is 0 Å². The molecule has 2 N–H and O–H groups in total. The molecule has 2 aromatic rings. The smallest absolute Gasteiger partial charge is 0.352 e. The number of halogens is 3. The van der Waals surface area contributed by atoms with Gasteiger partial charge in [0.2, 0.25) is 5.43 Å². The number of amides is 2. The lowest BCUT2D eigenvalue weighted by atomic mass is 9.95. The lowest BCUT2D eigenvalue weighted by Crippen LogP contribution is -2.41. The molecule has 0 radical (unpaired) electrons. The average molecular weight is 479 g/mol. The summed E-state index contributed by atoms with van der Waals surface area (Å²) in [6.07, 6.45) is 6.31. The van der Waals surface area contributed by atoms with E-state index in [9.17, 15) is 27.6 Å². The zero-order valence-electron chi connectivity index (χ0n) is 19.0. The fourth-order valence-electron chi connectivity index (χ4n) is 4.09. The standard InChI is InChI=1S/C24H29F3N4O3/c1-2-3-12-29-22(33)18-14-31(17-9-5-4-6-10-17)15-19(20(18)32)23(34)30-21(24(25,26)27)16-8-7-11-28-13-16/h7-8,11,13-15,17,21H,2-6,9-10,12H2,1H3,(H,29,33)(H,30,34). The van der Waals surface area contributed by atoms with Gasteiger partial charge in [0, 0.05) is 42.9 Å². The molecule has 2 aromatic heterocycles. The number of rotatable bonds is 8. The monoisotopic (exact) mass is 478 g/mol. The van der Waals surface area contributed by atoms with Gasteiger partial charge >= 0.3 is 6.18 Å². The maximum absolute atomic E-state index is 13.7. The highest BCUT2D eigenvalue weighted by Gasteiger charge is 2.42. The summed E-state index contributed by atoms with van der Waals surface area (Å²) in [6.45, 7) is 2.30. The topological polar surface area (TPSA) is 93.1 Å². The van der Waals surface area contributed by atoms with Crippen molar-refractivity contribution >= 4 is 11.8 Å². The normalized spacial score (nSPS) is 15.5. The molecule has 0 aliphatic heterocycles. The van der Waals surface area contributed by atoms with E-state index >= 15 is 0 Å². The van der Waals surface area contributed by atoms with Gasteiger partial charge in [0.25, 0.3) is 11.8 Å². The Labute approximate surface area is 195 Å². The molecule has 184 valence electrons. The molecule has 0 aromatic carbocycles. The minimum absolute atomic E-state index is 0.0418. The van der Waals surface area contributed by atoms with E-state index in [4.69, 9.17) is 0 Å². The lowest BCUT2D eigenvalue weighted by molar-refractivity contribution is -0.155. The van der Waals surface area contributed by atoms with Gasteiger partial charge < -0.3 is 15.2 Å². The summed E-state index contributed by atoms with van der Waals surface area (Å²) in [6, 6.07) is 0.138. The Morgan fingerprint density at radius 3 is 2.41 bits per heavy atom. The molecule has 1 aliphatic rings. The third-order valence-corrected chi connectivity index (χ3v) is 5.97. The number of carbonyl (C=O) groups excluding carboxylic acids is 2. The van der Waals surface area contributed by atoms with Crippen molar-refractivity contribution in [1.29, 1.82) is 0 Å². The van der Waals surface area contributed by atoms with Crippen molar-refractivity contribution in [2.45, 2.75) is 70.1 Å². The second-order valence-corrected chi connectivity index (χ2v) is 8.50. The van der Waals surface area contributed by atoms with Crippen molar-refractivity contribution in [3.05, 3.63) is 63.8 Å². The molecular formula is C24H29F3N4O3. The summed E-state index contributed by atoms with van der Waals surface area (Å²) in [4.78, 5) is 42.5. The van der Waals surface area contributed by atoms with E-state index in [-0.39, 0.29) is 17.2 Å². The van der Waals surface area contributed by atoms with Crippen LogP contribution in [0.25, 0.3) is 0 Å². The molecule has 1 saturated carbocycles. The van der Waals surface area contributed by atoms with E-state index in [1.807, 2.05) is 12.2 Å². The largest absolute Gasteiger partial charge is 0.412 e. The highest BCUT2D eigenvalue weighted by molar-refractivity contribution is 5.99. The Balaban J connectivity index is 1.99. The Morgan fingerprint density at radius 1 is 1.15 bits per heavy atom. The fraction of sp³-hybridized carbons (Fsp3) is 0.500. The van der Waals surface area contributed by atoms with Crippen LogP contribution in [0.2, 0.25) is 0 Å². The molecule has 0 saturated heterocycles. The summed E-state index contributed by atoms with van der Waals surface area (Å²) in [5.41, 5.74) is -1.90. The first-order chi connectivity index (χ1) is 16.2. The maximum atomic E-state index is 13.7. The molecule has 1 aliphatic carbocycles.